The van der Waals surface area contributed by atoms with E-state index in [-0.39, 0.29) is 0 Å². The van der Waals surface area contributed by atoms with E-state index >= 15 is 0 Å². The number of nitrogens with one attached hydrogen (secondary N) is 2. The maximum atomic E-state index is 9.27. The lowest BCUT2D eigenvalue weighted by atomic mass is 10.1. The molecule has 0 unspecified atom stereocenters. The number of nitrogens with zero attached hydrogens (tertiary/aromatic N) is 3. The van der Waals surface area contributed by atoms with Crippen molar-refractivity contribution in [3.63, 3.8) is 0 Å². The fourth-order valence-corrected chi connectivity index (χ4v) is 2.01. The van der Waals surface area contributed by atoms with E-state index < -0.39 is 0 Å². The van der Waals surface area contributed by atoms with Crippen LogP contribution in [0.15, 0.2) is 24.3 Å². The van der Waals surface area contributed by atoms with E-state index in [2.05, 4.69) is 33.6 Å². The summed E-state index contributed by atoms with van der Waals surface area (Å²) in [7, 11) is 0. The molecule has 0 aliphatic heterocycles. The van der Waals surface area contributed by atoms with E-state index in [1.54, 1.807) is 0 Å². The van der Waals surface area contributed by atoms with Gasteiger partial charge in [0.05, 0.1) is 11.3 Å². The molecule has 2 aromatic rings. The fourth-order valence-electron chi connectivity index (χ4n) is 2.01. The highest BCUT2D eigenvalue weighted by Gasteiger charge is 2.07. The van der Waals surface area contributed by atoms with Crippen LogP contribution >= 0.6 is 0 Å². The molecule has 0 bridgehead atoms. The van der Waals surface area contributed by atoms with Gasteiger partial charge in [0.25, 0.3) is 0 Å². The summed E-state index contributed by atoms with van der Waals surface area (Å²) in [5.41, 5.74) is 3.21. The van der Waals surface area contributed by atoms with Gasteiger partial charge in [0.15, 0.2) is 0 Å². The van der Waals surface area contributed by atoms with Crippen LogP contribution in [-0.2, 0) is 0 Å². The second-order valence-electron chi connectivity index (χ2n) is 4.88. The van der Waals surface area contributed by atoms with Crippen LogP contribution < -0.4 is 10.6 Å². The number of benzene rings is 1. The van der Waals surface area contributed by atoms with Gasteiger partial charge in [0, 0.05) is 18.3 Å². The van der Waals surface area contributed by atoms with Crippen LogP contribution in [0.2, 0.25) is 0 Å². The number of aromatic nitrogens is 2. The fraction of sp³-hybridized carbons (Fsp3) is 0.312. The van der Waals surface area contributed by atoms with E-state index in [1.165, 1.54) is 0 Å². The van der Waals surface area contributed by atoms with Crippen molar-refractivity contribution in [2.45, 2.75) is 27.2 Å². The first-order chi connectivity index (χ1) is 10.1. The summed E-state index contributed by atoms with van der Waals surface area (Å²) in [6, 6.07) is 9.80. The third-order valence-corrected chi connectivity index (χ3v) is 3.03. The molecule has 0 saturated carbocycles. The molecule has 1 aromatic carbocycles. The highest BCUT2D eigenvalue weighted by molar-refractivity contribution is 5.67. The van der Waals surface area contributed by atoms with Gasteiger partial charge in [-0.25, -0.2) is 4.98 Å². The highest BCUT2D eigenvalue weighted by atomic mass is 15.1. The second kappa shape index (κ2) is 6.71. The number of hydrogen-bond donors (Lipinski definition) is 2. The molecule has 0 saturated heterocycles. The Bertz CT molecular complexity index is 673. The van der Waals surface area contributed by atoms with Gasteiger partial charge >= 0.3 is 0 Å². The van der Waals surface area contributed by atoms with E-state index in [4.69, 9.17) is 0 Å². The lowest BCUT2D eigenvalue weighted by Crippen LogP contribution is -2.07. The van der Waals surface area contributed by atoms with Crippen molar-refractivity contribution in [1.29, 1.82) is 5.26 Å². The molecule has 0 fully saturated rings. The quantitative estimate of drug-likeness (QED) is 0.877. The van der Waals surface area contributed by atoms with Crippen molar-refractivity contribution in [2.24, 2.45) is 0 Å². The summed E-state index contributed by atoms with van der Waals surface area (Å²) in [5, 5.41) is 15.6. The van der Waals surface area contributed by atoms with Gasteiger partial charge in [-0.3, -0.25) is 0 Å². The summed E-state index contributed by atoms with van der Waals surface area (Å²) in [6.07, 6.45) is 1.01. The topological polar surface area (TPSA) is 73.6 Å². The molecule has 5 nitrogen and oxygen atoms in total. The first kappa shape index (κ1) is 14.8. The first-order valence-corrected chi connectivity index (χ1v) is 7.00. The molecule has 5 heteroatoms. The first-order valence-electron chi connectivity index (χ1n) is 7.00. The Kier molecular flexibility index (Phi) is 4.72. The van der Waals surface area contributed by atoms with Gasteiger partial charge in [-0.05, 0) is 31.9 Å². The molecule has 0 aliphatic carbocycles. The van der Waals surface area contributed by atoms with Crippen molar-refractivity contribution in [2.75, 3.05) is 17.2 Å². The maximum absolute atomic E-state index is 9.27. The number of aryl methyl sites for hydroxylation is 2. The molecule has 0 atom stereocenters. The Hall–Kier alpha value is -2.61. The standard InChI is InChI=1S/C16H19N5/c1-4-8-18-16-19-12(3)9-15(21-16)20-14-7-5-6-11(2)13(14)10-17/h5-7,9H,4,8H2,1-3H3,(H2,18,19,20,21). The zero-order valence-corrected chi connectivity index (χ0v) is 12.6. The van der Waals surface area contributed by atoms with Crippen molar-refractivity contribution in [3.8, 4) is 6.07 Å². The molecular formula is C16H19N5. The lowest BCUT2D eigenvalue weighted by molar-refractivity contribution is 0.947. The number of anilines is 3. The summed E-state index contributed by atoms with van der Waals surface area (Å²) in [4.78, 5) is 8.77. The molecule has 1 heterocycles. The van der Waals surface area contributed by atoms with Crippen LogP contribution in [0.3, 0.4) is 0 Å². The normalized spacial score (nSPS) is 10.0. The SMILES string of the molecule is CCCNc1nc(C)cc(Nc2cccc(C)c2C#N)n1. The van der Waals surface area contributed by atoms with Crippen LogP contribution in [0.25, 0.3) is 0 Å². The van der Waals surface area contributed by atoms with E-state index in [1.807, 2.05) is 38.1 Å². The van der Waals surface area contributed by atoms with Gasteiger partial charge in [0.1, 0.15) is 11.9 Å². The minimum atomic E-state index is 0.602. The molecular weight excluding hydrogens is 262 g/mol. The maximum Gasteiger partial charge on any atom is 0.224 e. The molecule has 2 N–H and O–H groups in total. The highest BCUT2D eigenvalue weighted by Crippen LogP contribution is 2.22. The molecule has 21 heavy (non-hydrogen) atoms. The minimum absolute atomic E-state index is 0.602. The van der Waals surface area contributed by atoms with E-state index in [9.17, 15) is 5.26 Å². The van der Waals surface area contributed by atoms with Gasteiger partial charge in [0.2, 0.25) is 5.95 Å². The largest absolute Gasteiger partial charge is 0.354 e. The van der Waals surface area contributed by atoms with Gasteiger partial charge in [-0.15, -0.1) is 0 Å². The third kappa shape index (κ3) is 3.69. The molecule has 108 valence electrons. The van der Waals surface area contributed by atoms with E-state index in [0.29, 0.717) is 17.3 Å². The third-order valence-electron chi connectivity index (χ3n) is 3.03. The van der Waals surface area contributed by atoms with Crippen LogP contribution in [0.1, 0.15) is 30.2 Å². The summed E-state index contributed by atoms with van der Waals surface area (Å²) in [6.45, 7) is 6.76. The monoisotopic (exact) mass is 281 g/mol. The Morgan fingerprint density at radius 3 is 2.76 bits per heavy atom. The van der Waals surface area contributed by atoms with Gasteiger partial charge < -0.3 is 10.6 Å². The molecule has 1 aromatic heterocycles. The smallest absolute Gasteiger partial charge is 0.224 e. The molecule has 0 aliphatic rings. The van der Waals surface area contributed by atoms with Crippen molar-refractivity contribution in [1.82, 2.24) is 9.97 Å². The predicted octanol–water partition coefficient (Wildman–Crippen LogP) is 3.53. The number of nitriles is 1. The minimum Gasteiger partial charge on any atom is -0.354 e. The Labute approximate surface area is 125 Å². The number of hydrogen-bond acceptors (Lipinski definition) is 5. The van der Waals surface area contributed by atoms with Crippen LogP contribution in [0.5, 0.6) is 0 Å². The molecule has 0 amide bonds. The second-order valence-corrected chi connectivity index (χ2v) is 4.88. The Balaban J connectivity index is 2.30. The Morgan fingerprint density at radius 1 is 1.24 bits per heavy atom. The van der Waals surface area contributed by atoms with Gasteiger partial charge in [-0.2, -0.15) is 10.2 Å². The zero-order chi connectivity index (χ0) is 15.2. The molecule has 0 spiro atoms. The Morgan fingerprint density at radius 2 is 2.05 bits per heavy atom. The van der Waals surface area contributed by atoms with Crippen LogP contribution in [0.4, 0.5) is 17.5 Å². The molecule has 0 radical (unpaired) electrons. The summed E-state index contributed by atoms with van der Waals surface area (Å²) >= 11 is 0. The van der Waals surface area contributed by atoms with Crippen LogP contribution in [0, 0.1) is 25.2 Å². The lowest BCUT2D eigenvalue weighted by Gasteiger charge is -2.11. The van der Waals surface area contributed by atoms with Crippen molar-refractivity contribution in [3.05, 3.63) is 41.1 Å². The average molecular weight is 281 g/mol. The van der Waals surface area contributed by atoms with Crippen molar-refractivity contribution < 1.29 is 0 Å². The zero-order valence-electron chi connectivity index (χ0n) is 12.6. The molecule has 2 rings (SSSR count). The van der Waals surface area contributed by atoms with Crippen molar-refractivity contribution >= 4 is 17.5 Å². The predicted molar refractivity (Wildman–Crippen MR) is 84.7 cm³/mol. The van der Waals surface area contributed by atoms with E-state index in [0.717, 1.165) is 29.9 Å². The average Bonchev–Trinajstić information content (AvgIpc) is 2.45. The summed E-state index contributed by atoms with van der Waals surface area (Å²) in [5.74, 6) is 1.29. The van der Waals surface area contributed by atoms with Crippen LogP contribution in [-0.4, -0.2) is 16.5 Å². The van der Waals surface area contributed by atoms with Gasteiger partial charge in [-0.1, -0.05) is 19.1 Å². The summed E-state index contributed by atoms with van der Waals surface area (Å²) < 4.78 is 0. The number of rotatable bonds is 5.